The summed E-state index contributed by atoms with van der Waals surface area (Å²) in [5.41, 5.74) is 2.20. The van der Waals surface area contributed by atoms with Crippen LogP contribution in [0.25, 0.3) is 0 Å². The quantitative estimate of drug-likeness (QED) is 0.169. The zero-order valence-corrected chi connectivity index (χ0v) is 22.7. The van der Waals surface area contributed by atoms with Crippen LogP contribution in [0.3, 0.4) is 0 Å². The summed E-state index contributed by atoms with van der Waals surface area (Å²) in [6.07, 6.45) is 0. The van der Waals surface area contributed by atoms with Crippen LogP contribution in [0.5, 0.6) is 0 Å². The highest BCUT2D eigenvalue weighted by Gasteiger charge is 2.26. The molecule has 0 aromatic heterocycles. The highest BCUT2D eigenvalue weighted by molar-refractivity contribution is 9.09. The van der Waals surface area contributed by atoms with Crippen molar-refractivity contribution in [1.29, 1.82) is 0 Å². The Hall–Kier alpha value is -2.19. The van der Waals surface area contributed by atoms with Gasteiger partial charge in [-0.3, -0.25) is 20.2 Å². The molecule has 3 aromatic carbocycles. The third-order valence-electron chi connectivity index (χ3n) is 5.16. The zero-order chi connectivity index (χ0) is 25.8. The van der Waals surface area contributed by atoms with Gasteiger partial charge in [0.2, 0.25) is 0 Å². The molecule has 34 heavy (non-hydrogen) atoms. The van der Waals surface area contributed by atoms with Crippen LogP contribution in [0, 0.1) is 20.2 Å². The first kappa shape index (κ1) is 28.1. The van der Waals surface area contributed by atoms with E-state index in [-0.39, 0.29) is 15.7 Å². The van der Waals surface area contributed by atoms with Crippen molar-refractivity contribution in [3.8, 4) is 0 Å². The summed E-state index contributed by atoms with van der Waals surface area (Å²) in [5, 5.41) is 22.9. The van der Waals surface area contributed by atoms with Crippen LogP contribution in [0.4, 0.5) is 11.4 Å². The van der Waals surface area contributed by atoms with Gasteiger partial charge in [0.05, 0.1) is 9.85 Å². The molecular weight excluding hydrogens is 567 g/mol. The van der Waals surface area contributed by atoms with E-state index in [9.17, 15) is 20.2 Å². The normalized spacial score (nSPS) is 11.4. The van der Waals surface area contributed by atoms with Gasteiger partial charge >= 0.3 is 0 Å². The van der Waals surface area contributed by atoms with Gasteiger partial charge in [-0.15, -0.1) is 0 Å². The summed E-state index contributed by atoms with van der Waals surface area (Å²) in [6.45, 7) is 7.79. The topological polar surface area (TPSA) is 86.3 Å². The Morgan fingerprint density at radius 1 is 0.647 bits per heavy atom. The number of nitro benzene ring substituents is 2. The van der Waals surface area contributed by atoms with Crippen molar-refractivity contribution in [2.45, 2.75) is 37.4 Å². The number of nitrogens with zero attached hydrogens (tertiary/aromatic N) is 2. The number of benzene rings is 3. The van der Waals surface area contributed by atoms with Gasteiger partial charge < -0.3 is 0 Å². The Bertz CT molecular complexity index is 1210. The van der Waals surface area contributed by atoms with Crippen molar-refractivity contribution < 1.29 is 9.85 Å². The van der Waals surface area contributed by atoms with Gasteiger partial charge in [0.25, 0.3) is 11.4 Å². The maximum Gasteiger partial charge on any atom is 0.271 e. The molecule has 0 saturated heterocycles. The van der Waals surface area contributed by atoms with Crippen molar-refractivity contribution >= 4 is 62.1 Å². The third kappa shape index (κ3) is 7.40. The van der Waals surface area contributed by atoms with E-state index in [1.165, 1.54) is 18.2 Å². The van der Waals surface area contributed by atoms with E-state index in [1.54, 1.807) is 30.3 Å². The Morgan fingerprint density at radius 2 is 1.06 bits per heavy atom. The van der Waals surface area contributed by atoms with E-state index >= 15 is 0 Å². The van der Waals surface area contributed by atoms with E-state index in [1.807, 2.05) is 39.8 Å². The van der Waals surface area contributed by atoms with Gasteiger partial charge in [-0.05, 0) is 54.8 Å². The van der Waals surface area contributed by atoms with Crippen LogP contribution in [-0.2, 0) is 9.74 Å². The van der Waals surface area contributed by atoms with Crippen LogP contribution in [-0.4, -0.2) is 9.85 Å². The molecule has 0 fully saturated rings. The lowest BCUT2D eigenvalue weighted by atomic mass is 9.78. The molecule has 0 saturated carbocycles. The Morgan fingerprint density at radius 3 is 1.47 bits per heavy atom. The lowest BCUT2D eigenvalue weighted by Crippen LogP contribution is -2.19. The van der Waals surface area contributed by atoms with Crippen LogP contribution >= 0.6 is 50.7 Å². The summed E-state index contributed by atoms with van der Waals surface area (Å²) in [6, 6.07) is 16.7. The molecule has 0 bridgehead atoms. The van der Waals surface area contributed by atoms with Crippen molar-refractivity contribution in [2.75, 3.05) is 0 Å². The fraction of sp³-hybridized carbons (Fsp3) is 0.250. The molecule has 0 radical (unpaired) electrons. The summed E-state index contributed by atoms with van der Waals surface area (Å²) < 4.78 is -0.317. The molecule has 10 heteroatoms. The van der Waals surface area contributed by atoms with E-state index in [2.05, 4.69) is 15.9 Å². The van der Waals surface area contributed by atoms with Crippen LogP contribution < -0.4 is 0 Å². The van der Waals surface area contributed by atoms with Crippen LogP contribution in [0.1, 0.15) is 44.4 Å². The summed E-state index contributed by atoms with van der Waals surface area (Å²) >= 11 is 21.1. The minimum Gasteiger partial charge on any atom is -0.258 e. The fourth-order valence-corrected chi connectivity index (χ4v) is 3.91. The highest BCUT2D eigenvalue weighted by atomic mass is 79.9. The maximum atomic E-state index is 10.9. The van der Waals surface area contributed by atoms with Gasteiger partial charge in [0.15, 0.2) is 0 Å². The molecule has 180 valence electrons. The van der Waals surface area contributed by atoms with Crippen LogP contribution in [0.15, 0.2) is 60.7 Å². The number of non-ortho nitro benzene ring substituents is 2. The molecule has 0 spiro atoms. The van der Waals surface area contributed by atoms with E-state index in [0.717, 1.165) is 16.7 Å². The highest BCUT2D eigenvalue weighted by Crippen LogP contribution is 2.36. The maximum absolute atomic E-state index is 10.9. The lowest BCUT2D eigenvalue weighted by Gasteiger charge is -2.26. The van der Waals surface area contributed by atoms with Crippen LogP contribution in [0.2, 0.25) is 15.1 Å². The van der Waals surface area contributed by atoms with Crippen molar-refractivity contribution in [3.05, 3.63) is 113 Å². The average Bonchev–Trinajstić information content (AvgIpc) is 2.73. The van der Waals surface area contributed by atoms with E-state index in [4.69, 9.17) is 34.8 Å². The third-order valence-corrected chi connectivity index (χ3v) is 6.31. The first-order valence-corrected chi connectivity index (χ1v) is 11.9. The summed E-state index contributed by atoms with van der Waals surface area (Å²) in [7, 11) is 0. The van der Waals surface area contributed by atoms with Crippen molar-refractivity contribution in [3.63, 3.8) is 0 Å². The predicted molar refractivity (Wildman–Crippen MR) is 142 cm³/mol. The molecule has 6 nitrogen and oxygen atoms in total. The van der Waals surface area contributed by atoms with Crippen molar-refractivity contribution in [1.82, 2.24) is 0 Å². The monoisotopic (exact) mass is 586 g/mol. The number of hydrogen-bond donors (Lipinski definition) is 0. The summed E-state index contributed by atoms with van der Waals surface area (Å²) in [4.78, 5) is 20.6. The Kier molecular flexibility index (Phi) is 9.10. The van der Waals surface area contributed by atoms with Crippen molar-refractivity contribution in [2.24, 2.45) is 0 Å². The van der Waals surface area contributed by atoms with Gasteiger partial charge in [-0.2, -0.15) is 0 Å². The molecular formula is C24H22BrCl3N2O4. The molecule has 0 aliphatic heterocycles. The standard InChI is InChI=1S/C15H13Cl2NO2.C9H9BrClNO2/c1-15(2,10-3-5-12(16)6-4-10)11-7-13(17)9-14(8-11)18(19)20;1-9(2,10)6-3-7(11)5-8(4-6)12(13)14/h3-9H,1-2H3;3-5H,1-2H3. The number of halogens is 4. The SMILES string of the molecule is CC(C)(Br)c1cc(Cl)cc([N+](=O)[O-])c1.CC(C)(c1ccc(Cl)cc1)c1cc(Cl)cc([N+](=O)[O-])c1. The molecule has 3 aromatic rings. The molecule has 0 aliphatic carbocycles. The number of hydrogen-bond acceptors (Lipinski definition) is 4. The first-order chi connectivity index (χ1) is 15.6. The zero-order valence-electron chi connectivity index (χ0n) is 18.8. The average molecular weight is 589 g/mol. The first-order valence-electron chi connectivity index (χ1n) is 9.97. The number of rotatable bonds is 5. The number of alkyl halides is 1. The smallest absolute Gasteiger partial charge is 0.258 e. The second kappa shape index (κ2) is 11.0. The van der Waals surface area contributed by atoms with Gasteiger partial charge in [0.1, 0.15) is 0 Å². The minimum absolute atomic E-state index is 0.00506. The largest absolute Gasteiger partial charge is 0.271 e. The fourth-order valence-electron chi connectivity index (χ4n) is 3.10. The van der Waals surface area contributed by atoms with Gasteiger partial charge in [-0.1, -0.05) is 76.7 Å². The predicted octanol–water partition coefficient (Wildman–Crippen LogP) is 9.11. The molecule has 0 N–H and O–H groups in total. The lowest BCUT2D eigenvalue weighted by molar-refractivity contribution is -0.385. The molecule has 0 atom stereocenters. The Labute approximate surface area is 221 Å². The van der Waals surface area contributed by atoms with Gasteiger partial charge in [-0.25, -0.2) is 0 Å². The Balaban J connectivity index is 0.000000257. The minimum atomic E-state index is -0.450. The molecule has 3 rings (SSSR count). The van der Waals surface area contributed by atoms with E-state index in [0.29, 0.717) is 15.1 Å². The van der Waals surface area contributed by atoms with Gasteiger partial charge in [0, 0.05) is 49.1 Å². The molecule has 0 amide bonds. The summed E-state index contributed by atoms with van der Waals surface area (Å²) in [5.74, 6) is 0. The molecule has 0 heterocycles. The molecule has 0 aliphatic rings. The second-order valence-electron chi connectivity index (χ2n) is 8.51. The number of nitro groups is 2. The second-order valence-corrected chi connectivity index (χ2v) is 11.8. The van der Waals surface area contributed by atoms with E-state index < -0.39 is 15.3 Å². The molecule has 0 unspecified atom stereocenters.